The van der Waals surface area contributed by atoms with Crippen LogP contribution in [0.2, 0.25) is 0 Å². The van der Waals surface area contributed by atoms with Gasteiger partial charge in [-0.25, -0.2) is 4.39 Å². The number of carbonyl (C=O) groups is 1. The van der Waals surface area contributed by atoms with Gasteiger partial charge in [0.05, 0.1) is 13.0 Å². The van der Waals surface area contributed by atoms with Crippen molar-refractivity contribution >= 4 is 5.97 Å². The maximum atomic E-state index is 13.3. The number of aliphatic hydroxyl groups excluding tert-OH is 1. The molecule has 0 amide bonds. The van der Waals surface area contributed by atoms with E-state index >= 15 is 0 Å². The van der Waals surface area contributed by atoms with Crippen LogP contribution in [-0.4, -0.2) is 24.7 Å². The van der Waals surface area contributed by atoms with Crippen molar-refractivity contribution in [1.29, 1.82) is 0 Å². The van der Waals surface area contributed by atoms with E-state index < -0.39 is 11.8 Å². The van der Waals surface area contributed by atoms with Gasteiger partial charge in [0.2, 0.25) is 0 Å². The minimum absolute atomic E-state index is 0.113. The van der Waals surface area contributed by atoms with Crippen LogP contribution in [0.25, 0.3) is 0 Å². The second-order valence-electron chi connectivity index (χ2n) is 3.25. The molecule has 0 saturated heterocycles. The van der Waals surface area contributed by atoms with Gasteiger partial charge in [0.15, 0.2) is 11.6 Å². The summed E-state index contributed by atoms with van der Waals surface area (Å²) in [5.41, 5.74) is 0.438. The standard InChI is InChI=1S/C11H14FNO3/c1-13-5-4-11(15)16-10-3-2-8(7-14)6-9(10)12/h2-3,6,13-14H,4-5,7H2,1H3. The molecule has 2 N–H and O–H groups in total. The van der Waals surface area contributed by atoms with Crippen molar-refractivity contribution in [1.82, 2.24) is 5.32 Å². The van der Waals surface area contributed by atoms with Gasteiger partial charge in [-0.05, 0) is 24.7 Å². The number of nitrogens with one attached hydrogen (secondary N) is 1. The zero-order chi connectivity index (χ0) is 12.0. The molecule has 1 aromatic carbocycles. The molecule has 88 valence electrons. The molecule has 0 aliphatic rings. The minimum Gasteiger partial charge on any atom is -0.423 e. The minimum atomic E-state index is -0.649. The highest BCUT2D eigenvalue weighted by molar-refractivity contribution is 5.72. The van der Waals surface area contributed by atoms with Gasteiger partial charge in [0.1, 0.15) is 0 Å². The Kier molecular flexibility index (Phi) is 4.88. The molecular formula is C11H14FNO3. The molecule has 4 nitrogen and oxygen atoms in total. The lowest BCUT2D eigenvalue weighted by atomic mass is 10.2. The number of esters is 1. The van der Waals surface area contributed by atoms with Crippen LogP contribution in [0, 0.1) is 5.82 Å². The van der Waals surface area contributed by atoms with E-state index in [1.807, 2.05) is 0 Å². The third-order valence-corrected chi connectivity index (χ3v) is 1.98. The number of hydrogen-bond acceptors (Lipinski definition) is 4. The fourth-order valence-electron chi connectivity index (χ4n) is 1.13. The average molecular weight is 227 g/mol. The van der Waals surface area contributed by atoms with Gasteiger partial charge in [0, 0.05) is 6.54 Å². The van der Waals surface area contributed by atoms with Gasteiger partial charge in [-0.2, -0.15) is 0 Å². The van der Waals surface area contributed by atoms with Crippen LogP contribution in [0.15, 0.2) is 18.2 Å². The molecule has 0 radical (unpaired) electrons. The molecular weight excluding hydrogens is 213 g/mol. The average Bonchev–Trinajstić information content (AvgIpc) is 2.29. The van der Waals surface area contributed by atoms with E-state index in [-0.39, 0.29) is 18.8 Å². The van der Waals surface area contributed by atoms with Gasteiger partial charge in [-0.1, -0.05) is 6.07 Å². The maximum Gasteiger partial charge on any atom is 0.312 e. The zero-order valence-electron chi connectivity index (χ0n) is 9.00. The molecule has 0 aliphatic carbocycles. The molecule has 16 heavy (non-hydrogen) atoms. The van der Waals surface area contributed by atoms with Crippen molar-refractivity contribution in [2.24, 2.45) is 0 Å². The summed E-state index contributed by atoms with van der Waals surface area (Å²) in [6.07, 6.45) is 0.178. The Bertz CT molecular complexity index is 368. The third kappa shape index (κ3) is 3.60. The molecule has 0 bridgehead atoms. The summed E-state index contributed by atoms with van der Waals surface area (Å²) in [6.45, 7) is 0.236. The molecule has 0 heterocycles. The maximum absolute atomic E-state index is 13.3. The first-order valence-corrected chi connectivity index (χ1v) is 4.92. The smallest absolute Gasteiger partial charge is 0.312 e. The quantitative estimate of drug-likeness (QED) is 0.578. The summed E-state index contributed by atoms with van der Waals surface area (Å²) in [5, 5.41) is 11.6. The Labute approximate surface area is 93.0 Å². The summed E-state index contributed by atoms with van der Waals surface area (Å²) in [4.78, 5) is 11.2. The Morgan fingerprint density at radius 3 is 2.88 bits per heavy atom. The molecule has 0 unspecified atom stereocenters. The summed E-state index contributed by atoms with van der Waals surface area (Å²) >= 11 is 0. The largest absolute Gasteiger partial charge is 0.423 e. The van der Waals surface area contributed by atoms with Gasteiger partial charge in [0.25, 0.3) is 0 Å². The summed E-state index contributed by atoms with van der Waals surface area (Å²) in [6, 6.07) is 3.97. The second kappa shape index (κ2) is 6.19. The van der Waals surface area contributed by atoms with Crippen molar-refractivity contribution in [2.45, 2.75) is 13.0 Å². The second-order valence-corrected chi connectivity index (χ2v) is 3.25. The number of carbonyl (C=O) groups excluding carboxylic acids is 1. The van der Waals surface area contributed by atoms with Gasteiger partial charge >= 0.3 is 5.97 Å². The monoisotopic (exact) mass is 227 g/mol. The Morgan fingerprint density at radius 2 is 2.31 bits per heavy atom. The van der Waals surface area contributed by atoms with Crippen LogP contribution in [0.4, 0.5) is 4.39 Å². The van der Waals surface area contributed by atoms with Crippen molar-refractivity contribution in [2.75, 3.05) is 13.6 Å². The van der Waals surface area contributed by atoms with E-state index in [9.17, 15) is 9.18 Å². The lowest BCUT2D eigenvalue weighted by Crippen LogP contribution is -2.17. The van der Waals surface area contributed by atoms with E-state index in [1.54, 1.807) is 7.05 Å². The van der Waals surface area contributed by atoms with Crippen molar-refractivity contribution in [3.63, 3.8) is 0 Å². The molecule has 0 fully saturated rings. The Morgan fingerprint density at radius 1 is 1.56 bits per heavy atom. The highest BCUT2D eigenvalue weighted by atomic mass is 19.1. The number of ether oxygens (including phenoxy) is 1. The van der Waals surface area contributed by atoms with Crippen LogP contribution in [0.5, 0.6) is 5.75 Å². The van der Waals surface area contributed by atoms with Crippen molar-refractivity contribution < 1.29 is 19.0 Å². The van der Waals surface area contributed by atoms with Crippen LogP contribution in [-0.2, 0) is 11.4 Å². The van der Waals surface area contributed by atoms with E-state index in [1.165, 1.54) is 12.1 Å². The Balaban J connectivity index is 2.63. The summed E-state index contributed by atoms with van der Waals surface area (Å²) in [5.74, 6) is -1.26. The molecule has 0 spiro atoms. The van der Waals surface area contributed by atoms with Crippen molar-refractivity contribution in [3.8, 4) is 5.75 Å². The van der Waals surface area contributed by atoms with Crippen LogP contribution >= 0.6 is 0 Å². The van der Waals surface area contributed by atoms with Gasteiger partial charge in [-0.15, -0.1) is 0 Å². The molecule has 0 saturated carbocycles. The fraction of sp³-hybridized carbons (Fsp3) is 0.364. The van der Waals surface area contributed by atoms with Crippen LogP contribution in [0.3, 0.4) is 0 Å². The summed E-state index contributed by atoms with van der Waals surface area (Å²) < 4.78 is 18.1. The Hall–Kier alpha value is -1.46. The van der Waals surface area contributed by atoms with E-state index in [2.05, 4.69) is 5.32 Å². The van der Waals surface area contributed by atoms with Gasteiger partial charge in [-0.3, -0.25) is 4.79 Å². The van der Waals surface area contributed by atoms with Gasteiger partial charge < -0.3 is 15.2 Å². The fourth-order valence-corrected chi connectivity index (χ4v) is 1.13. The van der Waals surface area contributed by atoms with E-state index in [0.717, 1.165) is 6.07 Å². The molecule has 0 aromatic heterocycles. The van der Waals surface area contributed by atoms with E-state index in [4.69, 9.17) is 9.84 Å². The predicted octanol–water partition coefficient (Wildman–Crippen LogP) is 0.833. The first-order chi connectivity index (χ1) is 7.67. The van der Waals surface area contributed by atoms with Crippen molar-refractivity contribution in [3.05, 3.63) is 29.6 Å². The number of halogens is 1. The first kappa shape index (κ1) is 12.6. The molecule has 5 heteroatoms. The number of hydrogen-bond donors (Lipinski definition) is 2. The third-order valence-electron chi connectivity index (χ3n) is 1.98. The van der Waals surface area contributed by atoms with Crippen LogP contribution < -0.4 is 10.1 Å². The molecule has 1 aromatic rings. The number of aliphatic hydroxyl groups is 1. The molecule has 1 rings (SSSR count). The van der Waals surface area contributed by atoms with E-state index in [0.29, 0.717) is 12.1 Å². The SMILES string of the molecule is CNCCC(=O)Oc1ccc(CO)cc1F. The predicted molar refractivity (Wildman–Crippen MR) is 56.5 cm³/mol. The topological polar surface area (TPSA) is 58.6 Å². The first-order valence-electron chi connectivity index (χ1n) is 4.92. The zero-order valence-corrected chi connectivity index (χ0v) is 9.00. The van der Waals surface area contributed by atoms with Crippen LogP contribution in [0.1, 0.15) is 12.0 Å². The highest BCUT2D eigenvalue weighted by Crippen LogP contribution is 2.18. The molecule has 0 atom stereocenters. The normalized spacial score (nSPS) is 10.2. The number of rotatable bonds is 5. The summed E-state index contributed by atoms with van der Waals surface area (Å²) in [7, 11) is 1.71. The number of benzene rings is 1. The lowest BCUT2D eigenvalue weighted by molar-refractivity contribution is -0.134. The lowest BCUT2D eigenvalue weighted by Gasteiger charge is -2.06. The highest BCUT2D eigenvalue weighted by Gasteiger charge is 2.09. The molecule has 0 aliphatic heterocycles.